The van der Waals surface area contributed by atoms with Crippen LogP contribution in [0.2, 0.25) is 0 Å². The summed E-state index contributed by atoms with van der Waals surface area (Å²) in [6.45, 7) is 0. The second kappa shape index (κ2) is 4.14. The Hall–Kier alpha value is -1.94. The van der Waals surface area contributed by atoms with Crippen molar-refractivity contribution >= 4 is 30.0 Å². The zero-order valence-electron chi connectivity index (χ0n) is 8.54. The van der Waals surface area contributed by atoms with Gasteiger partial charge < -0.3 is 10.4 Å². The van der Waals surface area contributed by atoms with Gasteiger partial charge in [-0.2, -0.15) is 0 Å². The van der Waals surface area contributed by atoms with Gasteiger partial charge in [0.15, 0.2) is 0 Å². The molecular formula is C10H8N2O4S. The third kappa shape index (κ3) is 1.57. The van der Waals surface area contributed by atoms with Gasteiger partial charge in [0.05, 0.1) is 0 Å². The fourth-order valence-corrected chi connectivity index (χ4v) is 3.13. The molecule has 6 nitrogen and oxygen atoms in total. The lowest BCUT2D eigenvalue weighted by Crippen LogP contribution is -2.69. The van der Waals surface area contributed by atoms with Gasteiger partial charge in [-0.25, -0.2) is 4.79 Å². The Bertz CT molecular complexity index is 479. The second-order valence-electron chi connectivity index (χ2n) is 3.45. The number of hydrogen-bond donors (Lipinski definition) is 2. The number of carboxylic acid groups (broad SMARTS) is 1. The van der Waals surface area contributed by atoms with Gasteiger partial charge in [-0.15, -0.1) is 18.2 Å². The smallest absolute Gasteiger partial charge is 0.353 e. The molecule has 0 saturated carbocycles. The normalized spacial score (nSPS) is 26.8. The Morgan fingerprint density at radius 2 is 2.41 bits per heavy atom. The summed E-state index contributed by atoms with van der Waals surface area (Å²) in [6.07, 6.45) is 5.64. The van der Waals surface area contributed by atoms with E-state index in [1.165, 1.54) is 11.8 Å². The molecule has 2 heterocycles. The quantitative estimate of drug-likeness (QED) is 0.382. The van der Waals surface area contributed by atoms with E-state index >= 15 is 0 Å². The first kappa shape index (κ1) is 11.5. The van der Waals surface area contributed by atoms with Gasteiger partial charge in [-0.05, 0) is 0 Å². The van der Waals surface area contributed by atoms with Gasteiger partial charge in [-0.3, -0.25) is 14.5 Å². The Kier molecular flexibility index (Phi) is 2.81. The van der Waals surface area contributed by atoms with Gasteiger partial charge in [0.25, 0.3) is 5.91 Å². The number of nitrogens with zero attached hydrogens (tertiary/aromatic N) is 1. The zero-order chi connectivity index (χ0) is 12.6. The minimum absolute atomic E-state index is 0.148. The fraction of sp³-hybridized carbons (Fsp3) is 0.300. The van der Waals surface area contributed by atoms with Crippen LogP contribution >= 0.6 is 11.8 Å². The third-order valence-electron chi connectivity index (χ3n) is 2.59. The first-order valence-electron chi connectivity index (χ1n) is 4.69. The lowest BCUT2D eigenvalue weighted by Gasteiger charge is -2.48. The molecule has 2 aliphatic rings. The molecule has 17 heavy (non-hydrogen) atoms. The first-order valence-corrected chi connectivity index (χ1v) is 5.74. The highest BCUT2D eigenvalue weighted by atomic mass is 32.2. The highest BCUT2D eigenvalue weighted by Crippen LogP contribution is 2.39. The van der Waals surface area contributed by atoms with Gasteiger partial charge in [0.2, 0.25) is 6.41 Å². The molecule has 88 valence electrons. The molecule has 0 aromatic heterocycles. The number of rotatable bonds is 3. The maximum atomic E-state index is 11.7. The van der Waals surface area contributed by atoms with Crippen LogP contribution in [0.1, 0.15) is 0 Å². The Balaban J connectivity index is 2.34. The monoisotopic (exact) mass is 252 g/mol. The number of carbonyl (C=O) groups excluding carboxylic acids is 2. The summed E-state index contributed by atoms with van der Waals surface area (Å²) in [4.78, 5) is 34.2. The minimum Gasteiger partial charge on any atom is -0.477 e. The van der Waals surface area contributed by atoms with Crippen molar-refractivity contribution in [1.82, 2.24) is 10.2 Å². The van der Waals surface area contributed by atoms with E-state index in [1.54, 1.807) is 0 Å². The van der Waals surface area contributed by atoms with E-state index in [1.807, 2.05) is 0 Å². The molecule has 0 aliphatic carbocycles. The number of carbonyl (C=O) groups is 3. The standard InChI is InChI=1S/C10H8N2O4S/c1-2-5-3-17-9-6(11-4-13)8(14)12(9)7(5)10(15)16/h1,4,6,9H,3H2,(H,11,13)(H,15,16)/t6?,9-/m0/s1. The SMILES string of the molecule is C#CC1=C(C(=O)O)N2C(=O)C(NC=O)[C@@H]2SC1. The van der Waals surface area contributed by atoms with Crippen molar-refractivity contribution in [2.24, 2.45) is 0 Å². The summed E-state index contributed by atoms with van der Waals surface area (Å²) in [6, 6.07) is -0.661. The van der Waals surface area contributed by atoms with Crippen molar-refractivity contribution in [3.8, 4) is 12.3 Å². The molecule has 2 amide bonds. The second-order valence-corrected chi connectivity index (χ2v) is 4.55. The molecule has 7 heteroatoms. The number of hydrogen-bond acceptors (Lipinski definition) is 4. The molecule has 2 rings (SSSR count). The molecule has 2 atom stereocenters. The average Bonchev–Trinajstić information content (AvgIpc) is 2.33. The minimum atomic E-state index is -1.22. The van der Waals surface area contributed by atoms with E-state index in [4.69, 9.17) is 11.5 Å². The maximum absolute atomic E-state index is 11.7. The molecule has 2 N–H and O–H groups in total. The number of carboxylic acids is 1. The van der Waals surface area contributed by atoms with E-state index in [9.17, 15) is 14.4 Å². The number of fused-ring (bicyclic) bond motifs is 1. The number of β-lactam (4-membered cyclic amide) rings is 1. The summed E-state index contributed by atoms with van der Waals surface area (Å²) >= 11 is 1.34. The summed E-state index contributed by atoms with van der Waals surface area (Å²) in [7, 11) is 0. The molecule has 1 fully saturated rings. The molecule has 0 radical (unpaired) electrons. The van der Waals surface area contributed by atoms with Crippen LogP contribution in [0.25, 0.3) is 0 Å². The topological polar surface area (TPSA) is 86.7 Å². The third-order valence-corrected chi connectivity index (χ3v) is 3.87. The molecule has 0 spiro atoms. The maximum Gasteiger partial charge on any atom is 0.353 e. The van der Waals surface area contributed by atoms with Crippen molar-refractivity contribution in [3.05, 3.63) is 11.3 Å². The van der Waals surface area contributed by atoms with E-state index in [-0.39, 0.29) is 16.6 Å². The predicted molar refractivity (Wildman–Crippen MR) is 59.6 cm³/mol. The number of thioether (sulfide) groups is 1. The van der Waals surface area contributed by atoms with Crippen molar-refractivity contribution in [3.63, 3.8) is 0 Å². The van der Waals surface area contributed by atoms with Gasteiger partial charge >= 0.3 is 5.97 Å². The fourth-order valence-electron chi connectivity index (χ4n) is 1.82. The van der Waals surface area contributed by atoms with Crippen LogP contribution in [0, 0.1) is 12.3 Å². The number of nitrogens with one attached hydrogen (secondary N) is 1. The highest BCUT2D eigenvalue weighted by molar-refractivity contribution is 8.00. The lowest BCUT2D eigenvalue weighted by molar-refractivity contribution is -0.149. The van der Waals surface area contributed by atoms with Crippen LogP contribution in [0.15, 0.2) is 11.3 Å². The van der Waals surface area contributed by atoms with E-state index in [0.29, 0.717) is 12.2 Å². The van der Waals surface area contributed by atoms with Crippen LogP contribution in [-0.4, -0.2) is 45.5 Å². The van der Waals surface area contributed by atoms with Gasteiger partial charge in [-0.1, -0.05) is 5.92 Å². The molecular weight excluding hydrogens is 244 g/mol. The molecule has 1 saturated heterocycles. The number of amides is 2. The predicted octanol–water partition coefficient (Wildman–Crippen LogP) is -1.01. The summed E-state index contributed by atoms with van der Waals surface area (Å²) in [5.41, 5.74) is 0.141. The molecule has 1 unspecified atom stereocenters. The van der Waals surface area contributed by atoms with E-state index in [0.717, 1.165) is 4.90 Å². The van der Waals surface area contributed by atoms with Crippen molar-refractivity contribution in [2.75, 3.05) is 5.75 Å². The van der Waals surface area contributed by atoms with Crippen LogP contribution < -0.4 is 5.32 Å². The molecule has 0 aromatic rings. The Labute approximate surface area is 101 Å². The summed E-state index contributed by atoms with van der Waals surface area (Å²) in [5, 5.41) is 11.0. The van der Waals surface area contributed by atoms with Crippen LogP contribution in [0.5, 0.6) is 0 Å². The Morgan fingerprint density at radius 3 is 2.94 bits per heavy atom. The summed E-state index contributed by atoms with van der Waals surface area (Å²) < 4.78 is 0. The van der Waals surface area contributed by atoms with Crippen molar-refractivity contribution < 1.29 is 19.5 Å². The largest absolute Gasteiger partial charge is 0.477 e. The number of aliphatic carboxylic acids is 1. The van der Waals surface area contributed by atoms with Crippen molar-refractivity contribution in [1.29, 1.82) is 0 Å². The lowest BCUT2D eigenvalue weighted by atomic mass is 10.0. The van der Waals surface area contributed by atoms with E-state index in [2.05, 4.69) is 11.2 Å². The molecule has 0 aromatic carbocycles. The summed E-state index contributed by atoms with van der Waals surface area (Å²) in [5.74, 6) is 0.966. The molecule has 0 bridgehead atoms. The highest BCUT2D eigenvalue weighted by Gasteiger charge is 2.53. The first-order chi connectivity index (χ1) is 8.11. The zero-order valence-corrected chi connectivity index (χ0v) is 9.36. The van der Waals surface area contributed by atoms with Gasteiger partial charge in [0, 0.05) is 11.3 Å². The molecule has 2 aliphatic heterocycles. The van der Waals surface area contributed by atoms with Crippen LogP contribution in [0.4, 0.5) is 0 Å². The average molecular weight is 252 g/mol. The van der Waals surface area contributed by atoms with Crippen molar-refractivity contribution in [2.45, 2.75) is 11.4 Å². The Morgan fingerprint density at radius 1 is 1.71 bits per heavy atom. The van der Waals surface area contributed by atoms with Crippen LogP contribution in [0.3, 0.4) is 0 Å². The van der Waals surface area contributed by atoms with E-state index < -0.39 is 17.9 Å². The number of terminal acetylenes is 1. The van der Waals surface area contributed by atoms with Crippen LogP contribution in [-0.2, 0) is 14.4 Å². The van der Waals surface area contributed by atoms with Gasteiger partial charge in [0.1, 0.15) is 17.1 Å².